The van der Waals surface area contributed by atoms with E-state index in [1.807, 2.05) is 6.92 Å². The molecule has 4 aliphatic carbocycles. The van der Waals surface area contributed by atoms with Gasteiger partial charge in [-0.1, -0.05) is 74.0 Å². The number of aromatic nitrogens is 3. The van der Waals surface area contributed by atoms with Crippen LogP contribution in [0.15, 0.2) is 18.0 Å². The summed E-state index contributed by atoms with van der Waals surface area (Å²) < 4.78 is 20.6. The van der Waals surface area contributed by atoms with Crippen LogP contribution in [0.3, 0.4) is 0 Å². The van der Waals surface area contributed by atoms with Gasteiger partial charge in [0.1, 0.15) is 6.33 Å². The lowest BCUT2D eigenvalue weighted by molar-refractivity contribution is -0.252. The lowest BCUT2D eigenvalue weighted by Gasteiger charge is -2.71. The number of carbonyl (C=O) groups excluding carboxylic acids is 1. The maximum Gasteiger partial charge on any atom is 0.375 e. The molecule has 1 saturated heterocycles. The first-order chi connectivity index (χ1) is 23.2. The summed E-state index contributed by atoms with van der Waals surface area (Å²) in [6.45, 7) is 23.7. The standard InChI is InChI=1S/C40H64N4O6/c1-23(2)25(5)35(6)16-17-37(8)26-12-13-29-36(7)19-49-21-40(29,27(26)14-15-38(37,9)30(35)33(45)46)18-28(31(36)50-20-39(10,41)24(3)4)44-32(34(47)48-11)42-22-43-44/h14,22-26,28-31H,12-13,15-21,41H2,1-11H3,(H,45,46)/t25-,26+,28-,29+,30-,31+,35-,36+,37-,38+,39-,40?/m1/s1. The predicted molar refractivity (Wildman–Crippen MR) is 191 cm³/mol. The van der Waals surface area contributed by atoms with E-state index in [-0.39, 0.29) is 57.9 Å². The maximum absolute atomic E-state index is 13.5. The van der Waals surface area contributed by atoms with Crippen molar-refractivity contribution in [3.05, 3.63) is 23.8 Å². The zero-order valence-electron chi connectivity index (χ0n) is 32.5. The van der Waals surface area contributed by atoms with Gasteiger partial charge in [-0.05, 0) is 91.3 Å². The van der Waals surface area contributed by atoms with E-state index in [0.717, 1.165) is 32.1 Å². The van der Waals surface area contributed by atoms with E-state index in [2.05, 4.69) is 78.5 Å². The minimum absolute atomic E-state index is 0.169. The topological polar surface area (TPSA) is 139 Å². The average Bonchev–Trinajstić information content (AvgIpc) is 3.53. The normalized spacial score (nSPS) is 42.8. The molecule has 2 heterocycles. The quantitative estimate of drug-likeness (QED) is 0.207. The molecule has 0 aromatic carbocycles. The van der Waals surface area contributed by atoms with Gasteiger partial charge in [0.2, 0.25) is 5.82 Å². The van der Waals surface area contributed by atoms with Crippen molar-refractivity contribution in [3.63, 3.8) is 0 Å². The van der Waals surface area contributed by atoms with Crippen LogP contribution in [0, 0.1) is 62.6 Å². The summed E-state index contributed by atoms with van der Waals surface area (Å²) in [6, 6.07) is -0.311. The molecule has 2 bridgehead atoms. The highest BCUT2D eigenvalue weighted by Crippen LogP contribution is 2.75. The van der Waals surface area contributed by atoms with Crippen LogP contribution < -0.4 is 5.73 Å². The second kappa shape index (κ2) is 12.4. The molecular weight excluding hydrogens is 632 g/mol. The summed E-state index contributed by atoms with van der Waals surface area (Å²) in [4.78, 5) is 30.9. The van der Waals surface area contributed by atoms with E-state index in [4.69, 9.17) is 19.9 Å². The highest BCUT2D eigenvalue weighted by atomic mass is 16.5. The first-order valence-electron chi connectivity index (χ1n) is 19.1. The number of esters is 1. The van der Waals surface area contributed by atoms with Crippen LogP contribution in [0.25, 0.3) is 0 Å². The average molecular weight is 697 g/mol. The minimum Gasteiger partial charge on any atom is -0.481 e. The fraction of sp³-hybridized carbons (Fsp3) is 0.850. The molecule has 12 atom stereocenters. The highest BCUT2D eigenvalue weighted by Gasteiger charge is 2.72. The van der Waals surface area contributed by atoms with Gasteiger partial charge in [0.15, 0.2) is 0 Å². The second-order valence-electron chi connectivity index (χ2n) is 19.0. The van der Waals surface area contributed by atoms with Gasteiger partial charge >= 0.3 is 11.9 Å². The largest absolute Gasteiger partial charge is 0.481 e. The minimum atomic E-state index is -0.654. The zero-order chi connectivity index (χ0) is 36.8. The summed E-state index contributed by atoms with van der Waals surface area (Å²) in [7, 11) is 1.37. The smallest absolute Gasteiger partial charge is 0.375 e. The Balaban J connectivity index is 1.48. The Labute approximate surface area is 299 Å². The molecule has 0 spiro atoms. The Morgan fingerprint density at radius 2 is 1.80 bits per heavy atom. The molecule has 0 amide bonds. The molecule has 50 heavy (non-hydrogen) atoms. The third kappa shape index (κ3) is 5.11. The number of carboxylic acid groups (broad SMARTS) is 1. The summed E-state index contributed by atoms with van der Waals surface area (Å²) in [5.41, 5.74) is 6.04. The molecule has 1 aliphatic heterocycles. The third-order valence-corrected chi connectivity index (χ3v) is 16.2. The Morgan fingerprint density at radius 1 is 1.10 bits per heavy atom. The van der Waals surface area contributed by atoms with E-state index in [0.29, 0.717) is 32.2 Å². The van der Waals surface area contributed by atoms with Crippen LogP contribution in [0.1, 0.15) is 124 Å². The van der Waals surface area contributed by atoms with Gasteiger partial charge in [-0.2, -0.15) is 5.10 Å². The summed E-state index contributed by atoms with van der Waals surface area (Å²) in [6.07, 6.45) is 8.86. The second-order valence-corrected chi connectivity index (χ2v) is 19.0. The molecular formula is C40H64N4O6. The number of rotatable bonds is 9. The molecule has 10 heteroatoms. The van der Waals surface area contributed by atoms with Crippen LogP contribution >= 0.6 is 0 Å². The van der Waals surface area contributed by atoms with Crippen molar-refractivity contribution >= 4 is 11.9 Å². The number of nitrogens with two attached hydrogens (primary N) is 1. The molecule has 280 valence electrons. The predicted octanol–water partition coefficient (Wildman–Crippen LogP) is 6.95. The molecule has 1 aromatic rings. The number of aliphatic carboxylic acids is 1. The Bertz CT molecular complexity index is 1520. The van der Waals surface area contributed by atoms with E-state index in [1.54, 1.807) is 4.68 Å². The van der Waals surface area contributed by atoms with Gasteiger partial charge in [-0.25, -0.2) is 14.5 Å². The molecule has 3 N–H and O–H groups in total. The Morgan fingerprint density at radius 3 is 2.42 bits per heavy atom. The number of hydrogen-bond acceptors (Lipinski definition) is 8. The molecule has 5 aliphatic rings. The SMILES string of the molecule is COC(=O)c1ncnn1[C@@H]1CC23COC[C@@](C)([C@@H]2CC[C@H]2C3=CC[C@@]3(C)[C@H](C(=O)O)[C@@](C)([C@H](C)C(C)C)CC[C@]23C)[C@H]1OC[C@@](C)(N)C(C)C. The van der Waals surface area contributed by atoms with Crippen molar-refractivity contribution in [2.24, 2.45) is 68.3 Å². The number of carbonyl (C=O) groups is 2. The molecule has 1 unspecified atom stereocenters. The molecule has 0 radical (unpaired) electrons. The Kier molecular flexibility index (Phi) is 9.29. The lowest BCUT2D eigenvalue weighted by Crippen LogP contribution is -2.69. The lowest BCUT2D eigenvalue weighted by atomic mass is 9.34. The van der Waals surface area contributed by atoms with Crippen molar-refractivity contribution in [2.75, 3.05) is 26.9 Å². The van der Waals surface area contributed by atoms with Crippen LogP contribution in [0.2, 0.25) is 0 Å². The number of ether oxygens (including phenoxy) is 3. The highest BCUT2D eigenvalue weighted by molar-refractivity contribution is 5.85. The maximum atomic E-state index is 13.5. The summed E-state index contributed by atoms with van der Waals surface area (Å²) in [5.74, 6) is -0.0790. The van der Waals surface area contributed by atoms with Crippen molar-refractivity contribution in [1.82, 2.24) is 14.8 Å². The van der Waals surface area contributed by atoms with Crippen molar-refractivity contribution in [3.8, 4) is 0 Å². The number of carboxylic acids is 1. The first-order valence-corrected chi connectivity index (χ1v) is 19.1. The number of nitrogens with zero attached hydrogens (tertiary/aromatic N) is 3. The van der Waals surface area contributed by atoms with Crippen LogP contribution in [-0.4, -0.2) is 70.4 Å². The molecule has 3 saturated carbocycles. The molecule has 4 fully saturated rings. The van der Waals surface area contributed by atoms with E-state index < -0.39 is 34.2 Å². The van der Waals surface area contributed by atoms with Crippen molar-refractivity contribution < 1.29 is 28.9 Å². The molecule has 1 aromatic heterocycles. The van der Waals surface area contributed by atoms with Crippen LogP contribution in [0.5, 0.6) is 0 Å². The monoisotopic (exact) mass is 696 g/mol. The van der Waals surface area contributed by atoms with E-state index in [9.17, 15) is 14.7 Å². The Hall–Kier alpha value is -2.30. The van der Waals surface area contributed by atoms with Crippen molar-refractivity contribution in [1.29, 1.82) is 0 Å². The van der Waals surface area contributed by atoms with Gasteiger partial charge in [-0.3, -0.25) is 4.79 Å². The van der Waals surface area contributed by atoms with Gasteiger partial charge in [0.25, 0.3) is 0 Å². The van der Waals surface area contributed by atoms with Crippen LogP contribution in [-0.2, 0) is 19.0 Å². The first kappa shape index (κ1) is 37.5. The zero-order valence-corrected chi connectivity index (χ0v) is 32.5. The van der Waals surface area contributed by atoms with Crippen LogP contribution in [0.4, 0.5) is 0 Å². The van der Waals surface area contributed by atoms with Crippen molar-refractivity contribution in [2.45, 2.75) is 125 Å². The third-order valence-electron chi connectivity index (χ3n) is 16.2. The number of fused-ring (bicyclic) bond motifs is 3. The number of hydrogen-bond donors (Lipinski definition) is 2. The summed E-state index contributed by atoms with van der Waals surface area (Å²) >= 11 is 0. The van der Waals surface area contributed by atoms with Gasteiger partial charge in [0.05, 0.1) is 45.0 Å². The van der Waals surface area contributed by atoms with Gasteiger partial charge in [-0.15, -0.1) is 0 Å². The molecule has 6 rings (SSSR count). The fourth-order valence-corrected chi connectivity index (χ4v) is 12.3. The fourth-order valence-electron chi connectivity index (χ4n) is 12.3. The number of allylic oxidation sites excluding steroid dienone is 1. The van der Waals surface area contributed by atoms with Gasteiger partial charge < -0.3 is 25.1 Å². The number of methoxy groups -OCH3 is 1. The van der Waals surface area contributed by atoms with E-state index in [1.165, 1.54) is 19.0 Å². The summed E-state index contributed by atoms with van der Waals surface area (Å²) in [5, 5.41) is 15.7. The van der Waals surface area contributed by atoms with Gasteiger partial charge in [0, 0.05) is 16.4 Å². The molecule has 10 nitrogen and oxygen atoms in total. The van der Waals surface area contributed by atoms with E-state index >= 15 is 0 Å².